The summed E-state index contributed by atoms with van der Waals surface area (Å²) in [5.41, 5.74) is -0.0713. The summed E-state index contributed by atoms with van der Waals surface area (Å²) >= 11 is 1.28. The van der Waals surface area contributed by atoms with Crippen molar-refractivity contribution >= 4 is 17.2 Å². The van der Waals surface area contributed by atoms with Crippen LogP contribution >= 0.6 is 11.3 Å². The van der Waals surface area contributed by atoms with Crippen molar-refractivity contribution < 1.29 is 9.90 Å². The Balaban J connectivity index is 1.69. The lowest BCUT2D eigenvalue weighted by Gasteiger charge is -2.41. The van der Waals surface area contributed by atoms with Gasteiger partial charge in [-0.05, 0) is 44.1 Å². The summed E-state index contributed by atoms with van der Waals surface area (Å²) in [6.45, 7) is 6.40. The summed E-state index contributed by atoms with van der Waals surface area (Å²) in [5.74, 6) is 0.316. The highest BCUT2D eigenvalue weighted by Gasteiger charge is 2.38. The number of amides is 1. The molecule has 1 fully saturated rings. The Kier molecular flexibility index (Phi) is 4.88. The molecule has 7 heteroatoms. The van der Waals surface area contributed by atoms with Gasteiger partial charge in [0, 0.05) is 18.9 Å². The van der Waals surface area contributed by atoms with Gasteiger partial charge in [0.1, 0.15) is 4.88 Å². The van der Waals surface area contributed by atoms with Crippen molar-refractivity contribution in [1.82, 2.24) is 20.3 Å². The van der Waals surface area contributed by atoms with Crippen LogP contribution in [0.4, 0.5) is 0 Å². The van der Waals surface area contributed by atoms with Crippen molar-refractivity contribution in [1.29, 1.82) is 0 Å². The van der Waals surface area contributed by atoms with E-state index in [1.807, 2.05) is 0 Å². The second-order valence-corrected chi connectivity index (χ2v) is 8.61. The zero-order chi connectivity index (χ0) is 18.1. The summed E-state index contributed by atoms with van der Waals surface area (Å²) in [7, 11) is 0. The fourth-order valence-electron chi connectivity index (χ4n) is 3.55. The van der Waals surface area contributed by atoms with Crippen LogP contribution in [0.2, 0.25) is 0 Å². The highest BCUT2D eigenvalue weighted by molar-refractivity contribution is 7.17. The zero-order valence-electron chi connectivity index (χ0n) is 14.9. The number of nitrogens with zero attached hydrogens (tertiary/aromatic N) is 3. The molecule has 1 aliphatic carbocycles. The van der Waals surface area contributed by atoms with Crippen LogP contribution in [-0.4, -0.2) is 38.1 Å². The van der Waals surface area contributed by atoms with Crippen molar-refractivity contribution in [3.63, 3.8) is 0 Å². The normalized spacial score (nSPS) is 22.6. The van der Waals surface area contributed by atoms with Crippen LogP contribution in [0.25, 0.3) is 10.8 Å². The number of carbonyl (C=O) groups excluding carboxylic acids is 1. The van der Waals surface area contributed by atoms with Crippen molar-refractivity contribution in [2.24, 2.45) is 5.41 Å². The topological polar surface area (TPSA) is 88.0 Å². The Labute approximate surface area is 151 Å². The number of thiazole rings is 1. The predicted molar refractivity (Wildman–Crippen MR) is 97.4 cm³/mol. The number of carbonyl (C=O) groups is 1. The molecule has 0 aromatic carbocycles. The molecular weight excluding hydrogens is 336 g/mol. The molecule has 6 nitrogen and oxygen atoms in total. The highest BCUT2D eigenvalue weighted by atomic mass is 32.1. The minimum absolute atomic E-state index is 0.107. The van der Waals surface area contributed by atoms with E-state index in [4.69, 9.17) is 0 Å². The number of aryl methyl sites for hydroxylation is 1. The van der Waals surface area contributed by atoms with E-state index < -0.39 is 5.60 Å². The molecule has 1 aliphatic rings. The van der Waals surface area contributed by atoms with Crippen LogP contribution < -0.4 is 5.32 Å². The van der Waals surface area contributed by atoms with Gasteiger partial charge in [-0.1, -0.05) is 13.8 Å². The first kappa shape index (κ1) is 17.9. The smallest absolute Gasteiger partial charge is 0.263 e. The van der Waals surface area contributed by atoms with E-state index in [1.54, 1.807) is 25.4 Å². The molecule has 2 aromatic heterocycles. The Morgan fingerprint density at radius 3 is 2.72 bits per heavy atom. The van der Waals surface area contributed by atoms with Gasteiger partial charge in [-0.3, -0.25) is 4.79 Å². The van der Waals surface area contributed by atoms with Gasteiger partial charge in [-0.25, -0.2) is 15.0 Å². The summed E-state index contributed by atoms with van der Waals surface area (Å²) in [6, 6.07) is 1.74. The molecule has 0 spiro atoms. The lowest BCUT2D eigenvalue weighted by atomic mass is 9.70. The summed E-state index contributed by atoms with van der Waals surface area (Å²) < 4.78 is 0. The summed E-state index contributed by atoms with van der Waals surface area (Å²) in [5, 5.41) is 14.3. The monoisotopic (exact) mass is 360 g/mol. The van der Waals surface area contributed by atoms with Crippen molar-refractivity contribution in [3.8, 4) is 10.8 Å². The van der Waals surface area contributed by atoms with Gasteiger partial charge >= 0.3 is 0 Å². The number of nitrogens with one attached hydrogen (secondary N) is 1. The lowest BCUT2D eigenvalue weighted by molar-refractivity contribution is -0.0361. The zero-order valence-corrected chi connectivity index (χ0v) is 15.7. The highest BCUT2D eigenvalue weighted by Crippen LogP contribution is 2.40. The van der Waals surface area contributed by atoms with Gasteiger partial charge in [-0.2, -0.15) is 0 Å². The predicted octanol–water partition coefficient (Wildman–Crippen LogP) is 2.97. The first-order valence-electron chi connectivity index (χ1n) is 8.53. The van der Waals surface area contributed by atoms with E-state index in [-0.39, 0.29) is 17.9 Å². The second-order valence-electron chi connectivity index (χ2n) is 7.61. The van der Waals surface area contributed by atoms with Crippen molar-refractivity contribution in [2.45, 2.75) is 52.1 Å². The van der Waals surface area contributed by atoms with Gasteiger partial charge in [0.25, 0.3) is 5.91 Å². The number of aliphatic hydroxyl groups is 1. The van der Waals surface area contributed by atoms with Crippen LogP contribution in [-0.2, 0) is 0 Å². The average Bonchev–Trinajstić information content (AvgIpc) is 2.94. The van der Waals surface area contributed by atoms with E-state index in [9.17, 15) is 9.90 Å². The van der Waals surface area contributed by atoms with Crippen LogP contribution in [0.3, 0.4) is 0 Å². The molecule has 0 aliphatic heterocycles. The number of rotatable bonds is 4. The molecule has 2 heterocycles. The maximum Gasteiger partial charge on any atom is 0.263 e. The SMILES string of the molecule is Cc1nc(-c2ncccn2)sc1C(=O)NCC1(O)CCCC(C)(C)C1. The summed E-state index contributed by atoms with van der Waals surface area (Å²) in [6.07, 6.45) is 6.82. The largest absolute Gasteiger partial charge is 0.388 e. The molecule has 2 N–H and O–H groups in total. The number of aromatic nitrogens is 3. The number of hydrogen-bond acceptors (Lipinski definition) is 6. The van der Waals surface area contributed by atoms with Crippen molar-refractivity contribution in [2.75, 3.05) is 6.54 Å². The molecule has 1 saturated carbocycles. The van der Waals surface area contributed by atoms with Crippen LogP contribution in [0, 0.1) is 12.3 Å². The molecule has 25 heavy (non-hydrogen) atoms. The maximum absolute atomic E-state index is 12.6. The Morgan fingerprint density at radius 2 is 2.04 bits per heavy atom. The molecule has 1 unspecified atom stereocenters. The molecule has 1 amide bonds. The molecule has 3 rings (SSSR count). The lowest BCUT2D eigenvalue weighted by Crippen LogP contribution is -2.48. The van der Waals surface area contributed by atoms with Gasteiger partial charge in [0.2, 0.25) is 0 Å². The van der Waals surface area contributed by atoms with E-state index in [0.717, 1.165) is 19.3 Å². The fraction of sp³-hybridized carbons (Fsp3) is 0.556. The third-order valence-corrected chi connectivity index (χ3v) is 5.79. The minimum Gasteiger partial charge on any atom is -0.388 e. The summed E-state index contributed by atoms with van der Waals surface area (Å²) in [4.78, 5) is 25.9. The Morgan fingerprint density at radius 1 is 1.32 bits per heavy atom. The van der Waals surface area contributed by atoms with Crippen LogP contribution in [0.15, 0.2) is 18.5 Å². The Bertz CT molecular complexity index is 760. The molecule has 0 radical (unpaired) electrons. The van der Waals surface area contributed by atoms with Crippen LogP contribution in [0.1, 0.15) is 54.9 Å². The van der Waals surface area contributed by atoms with Gasteiger partial charge in [-0.15, -0.1) is 11.3 Å². The van der Waals surface area contributed by atoms with E-state index >= 15 is 0 Å². The molecule has 134 valence electrons. The van der Waals surface area contributed by atoms with Crippen molar-refractivity contribution in [3.05, 3.63) is 29.0 Å². The maximum atomic E-state index is 12.6. The van der Waals surface area contributed by atoms with E-state index in [2.05, 4.69) is 34.1 Å². The fourth-order valence-corrected chi connectivity index (χ4v) is 4.48. The molecule has 0 saturated heterocycles. The first-order valence-corrected chi connectivity index (χ1v) is 9.35. The molecule has 0 bridgehead atoms. The quantitative estimate of drug-likeness (QED) is 0.875. The van der Waals surface area contributed by atoms with Crippen LogP contribution in [0.5, 0.6) is 0 Å². The number of hydrogen-bond donors (Lipinski definition) is 2. The average molecular weight is 360 g/mol. The minimum atomic E-state index is -0.832. The molecule has 2 aromatic rings. The van der Waals surface area contributed by atoms with E-state index in [0.29, 0.717) is 27.8 Å². The second kappa shape index (κ2) is 6.80. The van der Waals surface area contributed by atoms with Gasteiger partial charge < -0.3 is 10.4 Å². The molecular formula is C18H24N4O2S. The first-order chi connectivity index (χ1) is 11.8. The molecule has 1 atom stereocenters. The van der Waals surface area contributed by atoms with Gasteiger partial charge in [0.15, 0.2) is 10.8 Å². The third kappa shape index (κ3) is 4.22. The third-order valence-electron chi connectivity index (χ3n) is 4.64. The van der Waals surface area contributed by atoms with E-state index in [1.165, 1.54) is 11.3 Å². The Hall–Kier alpha value is -1.86. The standard InChI is InChI=1S/C18H24N4O2S/c1-12-13(25-16(22-12)14-19-8-5-9-20-14)15(23)21-11-18(24)7-4-6-17(2,3)10-18/h5,8-9,24H,4,6-7,10-11H2,1-3H3,(H,21,23). The van der Waals surface area contributed by atoms with Gasteiger partial charge in [0.05, 0.1) is 11.3 Å².